The number of para-hydroxylation sites is 1. The molecule has 0 atom stereocenters. The van der Waals surface area contributed by atoms with Crippen molar-refractivity contribution in [3.8, 4) is 17.3 Å². The molecule has 0 saturated carbocycles. The van der Waals surface area contributed by atoms with E-state index in [0.717, 1.165) is 16.9 Å². The van der Waals surface area contributed by atoms with Crippen LogP contribution in [0.15, 0.2) is 54.6 Å². The van der Waals surface area contributed by atoms with Gasteiger partial charge >= 0.3 is 0 Å². The van der Waals surface area contributed by atoms with E-state index in [4.69, 9.17) is 4.74 Å². The van der Waals surface area contributed by atoms with Crippen molar-refractivity contribution in [3.63, 3.8) is 0 Å². The van der Waals surface area contributed by atoms with Crippen molar-refractivity contribution in [1.29, 1.82) is 0 Å². The Kier molecular flexibility index (Phi) is 6.09. The first-order chi connectivity index (χ1) is 13.4. The lowest BCUT2D eigenvalue weighted by molar-refractivity contribution is -0.121. The molecule has 146 valence electrons. The average molecular weight is 381 g/mol. The third-order valence-electron chi connectivity index (χ3n) is 4.20. The van der Waals surface area contributed by atoms with Crippen LogP contribution in [-0.2, 0) is 11.2 Å². The van der Waals surface area contributed by atoms with E-state index in [1.54, 1.807) is 16.8 Å². The predicted molar refractivity (Wildman–Crippen MR) is 106 cm³/mol. The molecule has 5 nitrogen and oxygen atoms in total. The number of benzene rings is 2. The normalized spacial score (nSPS) is 10.9. The molecule has 0 aliphatic heterocycles. The zero-order valence-corrected chi connectivity index (χ0v) is 16.3. The van der Waals surface area contributed by atoms with Crippen molar-refractivity contribution in [3.05, 3.63) is 71.7 Å². The largest absolute Gasteiger partial charge is 0.439 e. The Bertz CT molecular complexity index is 952. The number of hydrogen-bond donors (Lipinski definition) is 1. The summed E-state index contributed by atoms with van der Waals surface area (Å²) in [7, 11) is 0. The monoisotopic (exact) mass is 381 g/mol. The summed E-state index contributed by atoms with van der Waals surface area (Å²) in [6.45, 7) is 5.73. The number of aromatic nitrogens is 2. The summed E-state index contributed by atoms with van der Waals surface area (Å²) in [5.74, 6) is 0.466. The summed E-state index contributed by atoms with van der Waals surface area (Å²) in [5, 5.41) is 7.50. The van der Waals surface area contributed by atoms with Gasteiger partial charge in [0.05, 0.1) is 11.4 Å². The lowest BCUT2D eigenvalue weighted by atomic mass is 10.1. The molecule has 0 saturated heterocycles. The Morgan fingerprint density at radius 1 is 1.18 bits per heavy atom. The van der Waals surface area contributed by atoms with Crippen LogP contribution in [0.25, 0.3) is 5.69 Å². The molecule has 0 aliphatic rings. The van der Waals surface area contributed by atoms with E-state index in [0.29, 0.717) is 24.5 Å². The first-order valence-electron chi connectivity index (χ1n) is 9.30. The third-order valence-corrected chi connectivity index (χ3v) is 4.20. The molecule has 6 heteroatoms. The van der Waals surface area contributed by atoms with Crippen LogP contribution < -0.4 is 10.1 Å². The van der Waals surface area contributed by atoms with Gasteiger partial charge < -0.3 is 10.1 Å². The van der Waals surface area contributed by atoms with Crippen LogP contribution in [0.3, 0.4) is 0 Å². The highest BCUT2D eigenvalue weighted by molar-refractivity contribution is 5.76. The van der Waals surface area contributed by atoms with Gasteiger partial charge in [0, 0.05) is 24.1 Å². The maximum atomic E-state index is 13.6. The predicted octanol–water partition coefficient (Wildman–Crippen LogP) is 4.57. The summed E-state index contributed by atoms with van der Waals surface area (Å²) in [6.07, 6.45) is 0.793. The third kappa shape index (κ3) is 4.76. The zero-order chi connectivity index (χ0) is 20.1. The van der Waals surface area contributed by atoms with Crippen LogP contribution in [0.1, 0.15) is 31.5 Å². The second kappa shape index (κ2) is 8.69. The van der Waals surface area contributed by atoms with Crippen molar-refractivity contribution >= 4 is 5.91 Å². The van der Waals surface area contributed by atoms with Gasteiger partial charge in [-0.15, -0.1) is 0 Å². The van der Waals surface area contributed by atoms with Gasteiger partial charge in [-0.3, -0.25) is 4.79 Å². The minimum atomic E-state index is -0.377. The smallest absolute Gasteiger partial charge is 0.226 e. The number of ether oxygens (including phenoxy) is 1. The fraction of sp³-hybridized carbons (Fsp3) is 0.273. The molecular formula is C22H24FN3O2. The van der Waals surface area contributed by atoms with Crippen LogP contribution >= 0.6 is 0 Å². The summed E-state index contributed by atoms with van der Waals surface area (Å²) in [4.78, 5) is 12.1. The minimum absolute atomic E-state index is 0.0291. The molecule has 0 unspecified atom stereocenters. The quantitative estimate of drug-likeness (QED) is 0.652. The number of amides is 1. The van der Waals surface area contributed by atoms with Crippen LogP contribution in [0, 0.1) is 12.7 Å². The fourth-order valence-corrected chi connectivity index (χ4v) is 2.95. The number of hydrogen-bond acceptors (Lipinski definition) is 3. The number of nitrogens with one attached hydrogen (secondary N) is 1. The van der Waals surface area contributed by atoms with Crippen molar-refractivity contribution < 1.29 is 13.9 Å². The van der Waals surface area contributed by atoms with E-state index in [1.807, 2.05) is 51.1 Å². The number of carbonyl (C=O) groups excluding carboxylic acids is 1. The van der Waals surface area contributed by atoms with Gasteiger partial charge in [-0.2, -0.15) is 5.10 Å². The number of halogens is 1. The summed E-state index contributed by atoms with van der Waals surface area (Å²) in [6, 6.07) is 15.6. The van der Waals surface area contributed by atoms with Crippen molar-refractivity contribution in [2.75, 3.05) is 0 Å². The Labute approximate surface area is 164 Å². The molecule has 3 rings (SSSR count). The van der Waals surface area contributed by atoms with E-state index in [9.17, 15) is 9.18 Å². The molecular weight excluding hydrogens is 357 g/mol. The molecule has 1 aromatic heterocycles. The lowest BCUT2D eigenvalue weighted by Crippen LogP contribution is -2.30. The Morgan fingerprint density at radius 3 is 2.61 bits per heavy atom. The van der Waals surface area contributed by atoms with Crippen LogP contribution in [0.2, 0.25) is 0 Å². The van der Waals surface area contributed by atoms with E-state index in [1.165, 1.54) is 12.1 Å². The molecule has 3 aromatic rings. The lowest BCUT2D eigenvalue weighted by Gasteiger charge is -2.12. The molecule has 0 spiro atoms. The number of carbonyl (C=O) groups is 1. The van der Waals surface area contributed by atoms with Gasteiger partial charge in [0.15, 0.2) is 0 Å². The molecule has 0 radical (unpaired) electrons. The Morgan fingerprint density at radius 2 is 1.93 bits per heavy atom. The highest BCUT2D eigenvalue weighted by atomic mass is 19.1. The van der Waals surface area contributed by atoms with Crippen LogP contribution in [0.5, 0.6) is 11.6 Å². The molecule has 28 heavy (non-hydrogen) atoms. The first kappa shape index (κ1) is 19.6. The summed E-state index contributed by atoms with van der Waals surface area (Å²) < 4.78 is 21.3. The number of rotatable bonds is 7. The Hall–Kier alpha value is -3.15. The van der Waals surface area contributed by atoms with Gasteiger partial charge in [-0.1, -0.05) is 24.3 Å². The van der Waals surface area contributed by atoms with Crippen molar-refractivity contribution in [1.82, 2.24) is 15.1 Å². The van der Waals surface area contributed by atoms with E-state index in [-0.39, 0.29) is 17.8 Å². The number of nitrogens with zero attached hydrogens (tertiary/aromatic N) is 2. The average Bonchev–Trinajstić information content (AvgIpc) is 2.95. The summed E-state index contributed by atoms with van der Waals surface area (Å²) in [5.41, 5.74) is 2.43. The van der Waals surface area contributed by atoms with Gasteiger partial charge in [0.25, 0.3) is 0 Å². The molecule has 1 heterocycles. The highest BCUT2D eigenvalue weighted by Gasteiger charge is 2.20. The minimum Gasteiger partial charge on any atom is -0.439 e. The number of aryl methyl sites for hydroxylation is 1. The fourth-order valence-electron chi connectivity index (χ4n) is 2.95. The zero-order valence-electron chi connectivity index (χ0n) is 16.3. The molecule has 1 N–H and O–H groups in total. The molecule has 1 amide bonds. The van der Waals surface area contributed by atoms with Gasteiger partial charge in [0.2, 0.25) is 11.8 Å². The van der Waals surface area contributed by atoms with Gasteiger partial charge in [0.1, 0.15) is 11.6 Å². The van der Waals surface area contributed by atoms with E-state index in [2.05, 4.69) is 10.4 Å². The van der Waals surface area contributed by atoms with Gasteiger partial charge in [-0.05, 0) is 51.5 Å². The topological polar surface area (TPSA) is 56.2 Å². The van der Waals surface area contributed by atoms with Gasteiger partial charge in [-0.25, -0.2) is 9.07 Å². The van der Waals surface area contributed by atoms with Crippen LogP contribution in [0.4, 0.5) is 4.39 Å². The standard InChI is InChI=1S/C22H24FN3O2/c1-15(2)24-21(27)13-12-20-16(3)25-26(18-9-5-4-6-10-18)22(20)28-19-11-7-8-17(23)14-19/h4-11,14-15H,12-13H2,1-3H3,(H,24,27). The molecule has 0 bridgehead atoms. The van der Waals surface area contributed by atoms with Crippen LogP contribution in [-0.4, -0.2) is 21.7 Å². The maximum Gasteiger partial charge on any atom is 0.226 e. The van der Waals surface area contributed by atoms with E-state index >= 15 is 0 Å². The Balaban J connectivity index is 1.96. The second-order valence-corrected chi connectivity index (χ2v) is 6.90. The molecule has 0 fully saturated rings. The van der Waals surface area contributed by atoms with E-state index < -0.39 is 0 Å². The SMILES string of the molecule is Cc1nn(-c2ccccc2)c(Oc2cccc(F)c2)c1CCC(=O)NC(C)C. The second-order valence-electron chi connectivity index (χ2n) is 6.90. The van der Waals surface area contributed by atoms with Crippen molar-refractivity contribution in [2.45, 2.75) is 39.7 Å². The first-order valence-corrected chi connectivity index (χ1v) is 9.30. The van der Waals surface area contributed by atoms with Crippen molar-refractivity contribution in [2.24, 2.45) is 0 Å². The summed E-state index contributed by atoms with van der Waals surface area (Å²) >= 11 is 0. The highest BCUT2D eigenvalue weighted by Crippen LogP contribution is 2.31. The maximum absolute atomic E-state index is 13.6. The molecule has 2 aromatic carbocycles. The molecule has 0 aliphatic carbocycles.